The zero-order chi connectivity index (χ0) is 13.2. The lowest BCUT2D eigenvalue weighted by Gasteiger charge is -2.26. The molecule has 0 atom stereocenters. The summed E-state index contributed by atoms with van der Waals surface area (Å²) in [5, 5.41) is 0. The number of benzene rings is 1. The van der Waals surface area contributed by atoms with Crippen LogP contribution >= 0.6 is 0 Å². The molecule has 0 aromatic heterocycles. The number of nitrogens with zero attached hydrogens (tertiary/aromatic N) is 1. The summed E-state index contributed by atoms with van der Waals surface area (Å²) in [6, 6.07) is 5.03. The van der Waals surface area contributed by atoms with Crippen molar-refractivity contribution in [1.82, 2.24) is 4.90 Å². The van der Waals surface area contributed by atoms with Crippen LogP contribution in [0.4, 0.5) is 0 Å². The molecule has 0 radical (unpaired) electrons. The number of rotatable bonds is 3. The zero-order valence-corrected chi connectivity index (χ0v) is 10.3. The molecule has 0 aliphatic carbocycles. The number of hydrogen-bond donors (Lipinski definition) is 0. The second kappa shape index (κ2) is 4.89. The highest BCUT2D eigenvalue weighted by Crippen LogP contribution is 2.32. The number of ether oxygens (including phenoxy) is 3. The lowest BCUT2D eigenvalue weighted by molar-refractivity contribution is -0.141. The fourth-order valence-electron chi connectivity index (χ4n) is 2.05. The van der Waals surface area contributed by atoms with Gasteiger partial charge in [0.05, 0.1) is 13.2 Å². The number of carbonyl (C=O) groups is 2. The van der Waals surface area contributed by atoms with Gasteiger partial charge >= 0.3 is 0 Å². The van der Waals surface area contributed by atoms with E-state index in [0.29, 0.717) is 30.2 Å². The lowest BCUT2D eigenvalue weighted by atomic mass is 10.1. The minimum Gasteiger partial charge on any atom is -0.454 e. The van der Waals surface area contributed by atoms with Crippen LogP contribution in [0, 0.1) is 0 Å². The van der Waals surface area contributed by atoms with E-state index in [1.807, 2.05) is 0 Å². The van der Waals surface area contributed by atoms with Crippen molar-refractivity contribution in [2.24, 2.45) is 0 Å². The Morgan fingerprint density at radius 2 is 2.11 bits per heavy atom. The van der Waals surface area contributed by atoms with Crippen molar-refractivity contribution in [3.8, 4) is 11.5 Å². The van der Waals surface area contributed by atoms with Crippen molar-refractivity contribution in [2.75, 3.05) is 33.1 Å². The quantitative estimate of drug-likeness (QED) is 0.741. The SMILES string of the molecule is O=C(CN1CCOCC1=O)c1ccc2c(c1)OCO2. The second-order valence-corrected chi connectivity index (χ2v) is 4.36. The number of amides is 1. The normalized spacial score (nSPS) is 17.7. The fraction of sp³-hybridized carbons (Fsp3) is 0.385. The maximum absolute atomic E-state index is 12.1. The van der Waals surface area contributed by atoms with Crippen LogP contribution in [-0.4, -0.2) is 49.7 Å². The van der Waals surface area contributed by atoms with Gasteiger partial charge in [0.25, 0.3) is 0 Å². The predicted octanol–water partition coefficient (Wildman–Crippen LogP) is 0.457. The van der Waals surface area contributed by atoms with Gasteiger partial charge < -0.3 is 19.1 Å². The molecule has 0 spiro atoms. The lowest BCUT2D eigenvalue weighted by Crippen LogP contribution is -2.44. The van der Waals surface area contributed by atoms with Crippen LogP contribution in [0.15, 0.2) is 18.2 Å². The highest BCUT2D eigenvalue weighted by atomic mass is 16.7. The van der Waals surface area contributed by atoms with Crippen LogP contribution in [0.25, 0.3) is 0 Å². The summed E-state index contributed by atoms with van der Waals surface area (Å²) in [6.07, 6.45) is 0. The Morgan fingerprint density at radius 1 is 1.26 bits per heavy atom. The first kappa shape index (κ1) is 12.0. The van der Waals surface area contributed by atoms with E-state index in [-0.39, 0.29) is 31.6 Å². The Kier molecular flexibility index (Phi) is 3.08. The molecule has 2 heterocycles. The van der Waals surface area contributed by atoms with E-state index in [2.05, 4.69) is 0 Å². The van der Waals surface area contributed by atoms with Gasteiger partial charge in [-0.15, -0.1) is 0 Å². The van der Waals surface area contributed by atoms with E-state index in [1.54, 1.807) is 18.2 Å². The number of hydrogen-bond acceptors (Lipinski definition) is 5. The molecule has 2 aliphatic rings. The van der Waals surface area contributed by atoms with Gasteiger partial charge in [0.2, 0.25) is 12.7 Å². The molecule has 0 saturated carbocycles. The molecule has 1 saturated heterocycles. The number of Topliss-reactive ketones (excluding diaryl/α,β-unsaturated/α-hetero) is 1. The van der Waals surface area contributed by atoms with Crippen LogP contribution in [0.1, 0.15) is 10.4 Å². The van der Waals surface area contributed by atoms with E-state index in [4.69, 9.17) is 14.2 Å². The molecule has 0 N–H and O–H groups in total. The van der Waals surface area contributed by atoms with E-state index in [1.165, 1.54) is 4.90 Å². The Bertz CT molecular complexity index is 528. The van der Waals surface area contributed by atoms with E-state index >= 15 is 0 Å². The van der Waals surface area contributed by atoms with Crippen molar-refractivity contribution in [3.05, 3.63) is 23.8 Å². The Balaban J connectivity index is 1.71. The Morgan fingerprint density at radius 3 is 2.95 bits per heavy atom. The molecule has 6 nitrogen and oxygen atoms in total. The van der Waals surface area contributed by atoms with E-state index < -0.39 is 0 Å². The number of fused-ring (bicyclic) bond motifs is 1. The highest BCUT2D eigenvalue weighted by molar-refractivity contribution is 6.00. The minimum atomic E-state index is -0.152. The van der Waals surface area contributed by atoms with Gasteiger partial charge in [-0.3, -0.25) is 9.59 Å². The summed E-state index contributed by atoms with van der Waals surface area (Å²) >= 11 is 0. The number of carbonyl (C=O) groups excluding carboxylic acids is 2. The van der Waals surface area contributed by atoms with Crippen molar-refractivity contribution in [2.45, 2.75) is 0 Å². The maximum atomic E-state index is 12.1. The monoisotopic (exact) mass is 263 g/mol. The van der Waals surface area contributed by atoms with Gasteiger partial charge in [-0.05, 0) is 18.2 Å². The third-order valence-corrected chi connectivity index (χ3v) is 3.11. The second-order valence-electron chi connectivity index (χ2n) is 4.36. The van der Waals surface area contributed by atoms with Crippen LogP contribution in [0.2, 0.25) is 0 Å². The molecule has 2 aliphatic heterocycles. The maximum Gasteiger partial charge on any atom is 0.249 e. The first-order valence-corrected chi connectivity index (χ1v) is 6.02. The number of ketones is 1. The third-order valence-electron chi connectivity index (χ3n) is 3.11. The summed E-state index contributed by atoms with van der Waals surface area (Å²) < 4.78 is 15.4. The zero-order valence-electron chi connectivity index (χ0n) is 10.3. The van der Waals surface area contributed by atoms with Crippen molar-refractivity contribution >= 4 is 11.7 Å². The molecule has 1 aromatic rings. The Labute approximate surface area is 109 Å². The van der Waals surface area contributed by atoms with Crippen LogP contribution in [0.5, 0.6) is 11.5 Å². The Hall–Kier alpha value is -2.08. The molecule has 0 bridgehead atoms. The summed E-state index contributed by atoms with van der Waals surface area (Å²) in [6.45, 7) is 1.22. The van der Waals surface area contributed by atoms with E-state index in [9.17, 15) is 9.59 Å². The first-order valence-electron chi connectivity index (χ1n) is 6.02. The molecule has 1 fully saturated rings. The molecule has 3 rings (SSSR count). The molecule has 19 heavy (non-hydrogen) atoms. The molecule has 100 valence electrons. The molecule has 1 amide bonds. The summed E-state index contributed by atoms with van der Waals surface area (Å²) in [5.41, 5.74) is 0.517. The van der Waals surface area contributed by atoms with Gasteiger partial charge in [0.1, 0.15) is 6.61 Å². The highest BCUT2D eigenvalue weighted by Gasteiger charge is 2.23. The summed E-state index contributed by atoms with van der Waals surface area (Å²) in [7, 11) is 0. The average molecular weight is 263 g/mol. The van der Waals surface area contributed by atoms with Crippen molar-refractivity contribution in [3.63, 3.8) is 0 Å². The topological polar surface area (TPSA) is 65.1 Å². The van der Waals surface area contributed by atoms with Gasteiger partial charge in [0, 0.05) is 12.1 Å². The molecule has 6 heteroatoms. The fourth-order valence-corrected chi connectivity index (χ4v) is 2.05. The largest absolute Gasteiger partial charge is 0.454 e. The third kappa shape index (κ3) is 2.39. The summed E-state index contributed by atoms with van der Waals surface area (Å²) in [5.74, 6) is 0.937. The number of morpholine rings is 1. The van der Waals surface area contributed by atoms with Crippen LogP contribution < -0.4 is 9.47 Å². The predicted molar refractivity (Wildman–Crippen MR) is 64.3 cm³/mol. The molecule has 0 unspecified atom stereocenters. The van der Waals surface area contributed by atoms with Crippen molar-refractivity contribution in [1.29, 1.82) is 0 Å². The average Bonchev–Trinajstić information content (AvgIpc) is 2.88. The standard InChI is InChI=1S/C13H13NO5/c15-10(6-14-3-4-17-7-13(14)16)9-1-2-11-12(5-9)19-8-18-11/h1-2,5H,3-4,6-8H2. The smallest absolute Gasteiger partial charge is 0.249 e. The van der Waals surface area contributed by atoms with Gasteiger partial charge in [-0.25, -0.2) is 0 Å². The van der Waals surface area contributed by atoms with Gasteiger partial charge in [-0.2, -0.15) is 0 Å². The summed E-state index contributed by atoms with van der Waals surface area (Å²) in [4.78, 5) is 25.2. The molecule has 1 aromatic carbocycles. The minimum absolute atomic E-state index is 0.0500. The molecular formula is C13H13NO5. The van der Waals surface area contributed by atoms with Crippen LogP contribution in [-0.2, 0) is 9.53 Å². The van der Waals surface area contributed by atoms with Crippen LogP contribution in [0.3, 0.4) is 0 Å². The van der Waals surface area contributed by atoms with E-state index in [0.717, 1.165) is 0 Å². The van der Waals surface area contributed by atoms with Gasteiger partial charge in [0.15, 0.2) is 17.3 Å². The first-order chi connectivity index (χ1) is 9.24. The molecular weight excluding hydrogens is 250 g/mol. The van der Waals surface area contributed by atoms with Gasteiger partial charge in [-0.1, -0.05) is 0 Å². The van der Waals surface area contributed by atoms with Crippen molar-refractivity contribution < 1.29 is 23.8 Å².